The summed E-state index contributed by atoms with van der Waals surface area (Å²) in [6.45, 7) is 0. The maximum absolute atomic E-state index is 13.0. The molecule has 0 aliphatic carbocycles. The first kappa shape index (κ1) is 12.8. The molecular formula is C13H12FN3O2. The summed E-state index contributed by atoms with van der Waals surface area (Å²) in [6.07, 6.45) is 0.958. The van der Waals surface area contributed by atoms with Crippen LogP contribution in [0.3, 0.4) is 0 Å². The Kier molecular flexibility index (Phi) is 3.61. The first-order valence-corrected chi connectivity index (χ1v) is 5.46. The Balaban J connectivity index is 2.18. The van der Waals surface area contributed by atoms with Gasteiger partial charge in [-0.05, 0) is 30.3 Å². The molecule has 2 rings (SSSR count). The number of rotatable bonds is 3. The van der Waals surface area contributed by atoms with Crippen LogP contribution in [0.15, 0.2) is 36.5 Å². The zero-order chi connectivity index (χ0) is 13.8. The van der Waals surface area contributed by atoms with Gasteiger partial charge >= 0.3 is 0 Å². The quantitative estimate of drug-likeness (QED) is 0.886. The Morgan fingerprint density at radius 3 is 2.68 bits per heavy atom. The molecule has 1 heterocycles. The van der Waals surface area contributed by atoms with Crippen LogP contribution in [0, 0.1) is 5.82 Å². The number of pyridine rings is 1. The number of hydrogen-bond donors (Lipinski definition) is 2. The van der Waals surface area contributed by atoms with E-state index in [1.807, 2.05) is 0 Å². The molecule has 0 saturated carbocycles. The highest BCUT2D eigenvalue weighted by Gasteiger charge is 2.12. The second-order valence-electron chi connectivity index (χ2n) is 3.77. The van der Waals surface area contributed by atoms with Gasteiger partial charge in [0.15, 0.2) is 0 Å². The maximum Gasteiger partial charge on any atom is 0.259 e. The summed E-state index contributed by atoms with van der Waals surface area (Å²) in [5, 5.41) is 2.60. The van der Waals surface area contributed by atoms with Crippen molar-refractivity contribution in [1.29, 1.82) is 0 Å². The monoisotopic (exact) mass is 261 g/mol. The molecule has 0 radical (unpaired) electrons. The lowest BCUT2D eigenvalue weighted by molar-refractivity contribution is 0.102. The van der Waals surface area contributed by atoms with Crippen LogP contribution in [0.25, 0.3) is 0 Å². The van der Waals surface area contributed by atoms with Crippen molar-refractivity contribution < 1.29 is 13.9 Å². The lowest BCUT2D eigenvalue weighted by Gasteiger charge is -2.07. The Hall–Kier alpha value is -2.63. The number of benzene rings is 1. The number of methoxy groups -OCH3 is 1. The van der Waals surface area contributed by atoms with Gasteiger partial charge in [-0.15, -0.1) is 0 Å². The average Bonchev–Trinajstić information content (AvgIpc) is 2.42. The van der Waals surface area contributed by atoms with Gasteiger partial charge < -0.3 is 15.8 Å². The molecule has 1 aromatic heterocycles. The minimum Gasteiger partial charge on any atom is -0.497 e. The van der Waals surface area contributed by atoms with Gasteiger partial charge in [0.2, 0.25) is 0 Å². The van der Waals surface area contributed by atoms with Gasteiger partial charge in [0.05, 0.1) is 18.9 Å². The molecule has 0 aliphatic heterocycles. The highest BCUT2D eigenvalue weighted by molar-refractivity contribution is 6.07. The Labute approximate surface area is 109 Å². The summed E-state index contributed by atoms with van der Waals surface area (Å²) < 4.78 is 18.0. The number of nitrogens with zero attached hydrogens (tertiary/aromatic N) is 1. The van der Waals surface area contributed by atoms with Gasteiger partial charge in [0.1, 0.15) is 17.4 Å². The number of nitrogen functional groups attached to an aromatic ring is 1. The zero-order valence-electron chi connectivity index (χ0n) is 10.2. The highest BCUT2D eigenvalue weighted by atomic mass is 19.1. The van der Waals surface area contributed by atoms with E-state index >= 15 is 0 Å². The van der Waals surface area contributed by atoms with E-state index in [1.54, 1.807) is 31.4 Å². The molecule has 0 saturated heterocycles. The summed E-state index contributed by atoms with van der Waals surface area (Å²) in [6, 6.07) is 7.77. The standard InChI is InChI=1S/C13H12FN3O2/c1-19-10-4-2-9(3-5-10)17-13(18)11-6-8(14)7-16-12(11)15/h2-7H,1H3,(H2,15,16)(H,17,18). The van der Waals surface area contributed by atoms with Crippen molar-refractivity contribution >= 4 is 17.4 Å². The van der Waals surface area contributed by atoms with Gasteiger partial charge in [-0.3, -0.25) is 4.79 Å². The smallest absolute Gasteiger partial charge is 0.259 e. The van der Waals surface area contributed by atoms with E-state index in [0.717, 1.165) is 12.3 Å². The van der Waals surface area contributed by atoms with Gasteiger partial charge in [-0.2, -0.15) is 0 Å². The third-order valence-electron chi connectivity index (χ3n) is 2.48. The van der Waals surface area contributed by atoms with Crippen LogP contribution < -0.4 is 15.8 Å². The Morgan fingerprint density at radius 2 is 2.05 bits per heavy atom. The summed E-state index contributed by atoms with van der Waals surface area (Å²) in [5.74, 6) is -0.485. The Morgan fingerprint density at radius 1 is 1.37 bits per heavy atom. The molecule has 98 valence electrons. The molecule has 0 bridgehead atoms. The maximum atomic E-state index is 13.0. The molecule has 0 spiro atoms. The lowest BCUT2D eigenvalue weighted by atomic mass is 10.2. The number of nitrogens with one attached hydrogen (secondary N) is 1. The van der Waals surface area contributed by atoms with E-state index in [-0.39, 0.29) is 11.4 Å². The van der Waals surface area contributed by atoms with E-state index in [4.69, 9.17) is 10.5 Å². The molecule has 0 fully saturated rings. The van der Waals surface area contributed by atoms with E-state index in [2.05, 4.69) is 10.3 Å². The fraction of sp³-hybridized carbons (Fsp3) is 0.0769. The topological polar surface area (TPSA) is 77.2 Å². The minimum absolute atomic E-state index is 0.00387. The predicted octanol–water partition coefficient (Wildman–Crippen LogP) is 2.06. The van der Waals surface area contributed by atoms with Gasteiger partial charge in [0.25, 0.3) is 5.91 Å². The minimum atomic E-state index is -0.617. The van der Waals surface area contributed by atoms with Crippen molar-refractivity contribution in [2.45, 2.75) is 0 Å². The molecular weight excluding hydrogens is 249 g/mol. The van der Waals surface area contributed by atoms with Crippen LogP contribution in [0.5, 0.6) is 5.75 Å². The number of aromatic nitrogens is 1. The largest absolute Gasteiger partial charge is 0.497 e. The fourth-order valence-electron chi connectivity index (χ4n) is 1.50. The SMILES string of the molecule is COc1ccc(NC(=O)c2cc(F)cnc2N)cc1. The summed E-state index contributed by atoms with van der Waals surface area (Å²) >= 11 is 0. The Bertz CT molecular complexity index is 599. The van der Waals surface area contributed by atoms with Gasteiger partial charge in [0, 0.05) is 5.69 Å². The molecule has 3 N–H and O–H groups in total. The number of ether oxygens (including phenoxy) is 1. The number of nitrogens with two attached hydrogens (primary N) is 1. The van der Waals surface area contributed by atoms with Crippen LogP contribution in [0.1, 0.15) is 10.4 Å². The van der Waals surface area contributed by atoms with Gasteiger partial charge in [-0.25, -0.2) is 9.37 Å². The van der Waals surface area contributed by atoms with Gasteiger partial charge in [-0.1, -0.05) is 0 Å². The number of halogens is 1. The molecule has 0 unspecified atom stereocenters. The first-order valence-electron chi connectivity index (χ1n) is 5.46. The van der Waals surface area contributed by atoms with Crippen molar-refractivity contribution in [3.8, 4) is 5.75 Å². The predicted molar refractivity (Wildman–Crippen MR) is 69.6 cm³/mol. The molecule has 6 heteroatoms. The molecule has 0 aliphatic rings. The summed E-state index contributed by atoms with van der Waals surface area (Å²) in [5.41, 5.74) is 6.08. The molecule has 1 amide bonds. The summed E-state index contributed by atoms with van der Waals surface area (Å²) in [4.78, 5) is 15.5. The second-order valence-corrected chi connectivity index (χ2v) is 3.77. The van der Waals surface area contributed by atoms with Crippen LogP contribution >= 0.6 is 0 Å². The van der Waals surface area contributed by atoms with E-state index < -0.39 is 11.7 Å². The number of carbonyl (C=O) groups excluding carboxylic acids is 1. The number of amides is 1. The van der Waals surface area contributed by atoms with Crippen LogP contribution in [0.2, 0.25) is 0 Å². The number of anilines is 2. The van der Waals surface area contributed by atoms with E-state index in [9.17, 15) is 9.18 Å². The third kappa shape index (κ3) is 2.98. The highest BCUT2D eigenvalue weighted by Crippen LogP contribution is 2.17. The van der Waals surface area contributed by atoms with Crippen molar-refractivity contribution in [1.82, 2.24) is 4.98 Å². The molecule has 0 atom stereocenters. The fourth-order valence-corrected chi connectivity index (χ4v) is 1.50. The van der Waals surface area contributed by atoms with Crippen molar-refractivity contribution in [2.24, 2.45) is 0 Å². The number of carbonyl (C=O) groups is 1. The second kappa shape index (κ2) is 5.34. The van der Waals surface area contributed by atoms with Crippen molar-refractivity contribution in [3.63, 3.8) is 0 Å². The normalized spacial score (nSPS) is 10.0. The molecule has 2 aromatic rings. The lowest BCUT2D eigenvalue weighted by Crippen LogP contribution is -2.15. The van der Waals surface area contributed by atoms with E-state index in [1.165, 1.54) is 0 Å². The van der Waals surface area contributed by atoms with Crippen molar-refractivity contribution in [2.75, 3.05) is 18.2 Å². The van der Waals surface area contributed by atoms with Crippen LogP contribution in [0.4, 0.5) is 15.9 Å². The molecule has 19 heavy (non-hydrogen) atoms. The third-order valence-corrected chi connectivity index (χ3v) is 2.48. The molecule has 1 aromatic carbocycles. The van der Waals surface area contributed by atoms with Crippen LogP contribution in [-0.2, 0) is 0 Å². The van der Waals surface area contributed by atoms with Crippen molar-refractivity contribution in [3.05, 3.63) is 47.9 Å². The zero-order valence-corrected chi connectivity index (χ0v) is 10.2. The van der Waals surface area contributed by atoms with E-state index in [0.29, 0.717) is 11.4 Å². The summed E-state index contributed by atoms with van der Waals surface area (Å²) in [7, 11) is 1.55. The average molecular weight is 261 g/mol. The number of hydrogen-bond acceptors (Lipinski definition) is 4. The van der Waals surface area contributed by atoms with Crippen LogP contribution in [-0.4, -0.2) is 18.0 Å². The molecule has 5 nitrogen and oxygen atoms in total. The first-order chi connectivity index (χ1) is 9.10.